The highest BCUT2D eigenvalue weighted by molar-refractivity contribution is 5.95. The number of carbonyl (C=O) groups excluding carboxylic acids is 3. The quantitative estimate of drug-likeness (QED) is 0.359. The molecule has 39 heavy (non-hydrogen) atoms. The minimum Gasteiger partial charge on any atom is -0.463 e. The number of amides is 4. The fourth-order valence-electron chi connectivity index (χ4n) is 4.65. The van der Waals surface area contributed by atoms with E-state index in [2.05, 4.69) is 22.1 Å². The number of hydrogen-bond donors (Lipinski definition) is 2. The molecule has 12 heteroatoms. The molecule has 1 atom stereocenters. The van der Waals surface area contributed by atoms with E-state index in [4.69, 9.17) is 4.74 Å². The van der Waals surface area contributed by atoms with Crippen LogP contribution in [0.2, 0.25) is 0 Å². The summed E-state index contributed by atoms with van der Waals surface area (Å²) in [5.74, 6) is -0.665. The molecular formula is C27H36F3N5O4. The lowest BCUT2D eigenvalue weighted by Crippen LogP contribution is -2.51. The Morgan fingerprint density at radius 2 is 1.87 bits per heavy atom. The van der Waals surface area contributed by atoms with Crippen molar-refractivity contribution in [2.45, 2.75) is 38.9 Å². The van der Waals surface area contributed by atoms with Crippen LogP contribution in [0.5, 0.6) is 0 Å². The van der Waals surface area contributed by atoms with Gasteiger partial charge in [0.05, 0.1) is 23.8 Å². The molecule has 0 spiro atoms. The van der Waals surface area contributed by atoms with Crippen molar-refractivity contribution in [3.05, 3.63) is 59.3 Å². The minimum absolute atomic E-state index is 0.0797. The Morgan fingerprint density at radius 1 is 1.15 bits per heavy atom. The van der Waals surface area contributed by atoms with Crippen molar-refractivity contribution in [3.63, 3.8) is 0 Å². The van der Waals surface area contributed by atoms with Gasteiger partial charge < -0.3 is 20.3 Å². The fraction of sp³-hybridized carbons (Fsp3) is 0.519. The zero-order valence-corrected chi connectivity index (χ0v) is 22.4. The Labute approximate surface area is 226 Å². The van der Waals surface area contributed by atoms with Crippen LogP contribution in [-0.4, -0.2) is 85.2 Å². The molecule has 2 heterocycles. The first-order valence-corrected chi connectivity index (χ1v) is 13.1. The number of benzene rings is 1. The van der Waals surface area contributed by atoms with Crippen LogP contribution < -0.4 is 10.6 Å². The average molecular weight is 552 g/mol. The maximum absolute atomic E-state index is 13.3. The largest absolute Gasteiger partial charge is 0.463 e. The standard InChI is InChI=1S/C27H36F3N5O4/c1-4-12-31-25(37)34-15-7-14-33(16-17-34)18-21-22(24(36)39-6-3)23(32-26(38)35(21)13-5-2)19-8-10-20(11-9-19)27(28,29)30/h5,8-11,23H,2,4,6-7,12-18H2,1,3H3,(H,31,37)(H,32,38)/t23-/m1/s1. The van der Waals surface area contributed by atoms with Gasteiger partial charge in [0.15, 0.2) is 0 Å². The van der Waals surface area contributed by atoms with Gasteiger partial charge in [-0.25, -0.2) is 14.4 Å². The zero-order chi connectivity index (χ0) is 28.6. The number of esters is 1. The van der Waals surface area contributed by atoms with Crippen molar-refractivity contribution < 1.29 is 32.3 Å². The van der Waals surface area contributed by atoms with Crippen LogP contribution in [0.3, 0.4) is 0 Å². The first-order chi connectivity index (χ1) is 18.6. The molecule has 0 bridgehead atoms. The number of rotatable bonds is 9. The van der Waals surface area contributed by atoms with Gasteiger partial charge >= 0.3 is 24.2 Å². The summed E-state index contributed by atoms with van der Waals surface area (Å²) in [7, 11) is 0. The van der Waals surface area contributed by atoms with Gasteiger partial charge in [-0.1, -0.05) is 25.1 Å². The molecule has 4 amide bonds. The second-order valence-electron chi connectivity index (χ2n) is 9.33. The molecule has 0 saturated carbocycles. The third-order valence-corrected chi connectivity index (χ3v) is 6.59. The summed E-state index contributed by atoms with van der Waals surface area (Å²) < 4.78 is 44.8. The molecular weight excluding hydrogens is 515 g/mol. The van der Waals surface area contributed by atoms with E-state index < -0.39 is 29.8 Å². The van der Waals surface area contributed by atoms with Crippen LogP contribution >= 0.6 is 0 Å². The summed E-state index contributed by atoms with van der Waals surface area (Å²) >= 11 is 0. The Morgan fingerprint density at radius 3 is 2.49 bits per heavy atom. The molecule has 1 fully saturated rings. The first-order valence-electron chi connectivity index (χ1n) is 13.1. The van der Waals surface area contributed by atoms with Crippen LogP contribution in [0.15, 0.2) is 48.2 Å². The molecule has 1 aromatic rings. The average Bonchev–Trinajstić information content (AvgIpc) is 3.14. The number of carbonyl (C=O) groups is 3. The second-order valence-corrected chi connectivity index (χ2v) is 9.33. The molecule has 1 saturated heterocycles. The summed E-state index contributed by atoms with van der Waals surface area (Å²) in [5.41, 5.74) is 0.0381. The normalized spacial score (nSPS) is 18.9. The monoisotopic (exact) mass is 551 g/mol. The van der Waals surface area contributed by atoms with E-state index in [-0.39, 0.29) is 31.3 Å². The lowest BCUT2D eigenvalue weighted by molar-refractivity contribution is -0.139. The fourth-order valence-corrected chi connectivity index (χ4v) is 4.65. The van der Waals surface area contributed by atoms with Crippen LogP contribution in [-0.2, 0) is 15.7 Å². The Bertz CT molecular complexity index is 1070. The molecule has 9 nitrogen and oxygen atoms in total. The molecule has 0 unspecified atom stereocenters. The smallest absolute Gasteiger partial charge is 0.416 e. The summed E-state index contributed by atoms with van der Waals surface area (Å²) in [5, 5.41) is 5.64. The summed E-state index contributed by atoms with van der Waals surface area (Å²) in [4.78, 5) is 44.2. The number of hydrogen-bond acceptors (Lipinski definition) is 5. The Hall–Kier alpha value is -3.54. The van der Waals surface area contributed by atoms with E-state index >= 15 is 0 Å². The predicted molar refractivity (Wildman–Crippen MR) is 140 cm³/mol. The van der Waals surface area contributed by atoms with Gasteiger partial charge in [0.1, 0.15) is 0 Å². The van der Waals surface area contributed by atoms with Gasteiger partial charge in [-0.05, 0) is 37.5 Å². The molecule has 214 valence electrons. The number of ether oxygens (including phenoxy) is 1. The van der Waals surface area contributed by atoms with Crippen LogP contribution in [0.1, 0.15) is 43.9 Å². The molecule has 0 aliphatic carbocycles. The Kier molecular flexibility index (Phi) is 10.4. The van der Waals surface area contributed by atoms with Gasteiger partial charge in [0.2, 0.25) is 0 Å². The van der Waals surface area contributed by atoms with Gasteiger partial charge in [-0.15, -0.1) is 6.58 Å². The molecule has 2 aliphatic heterocycles. The number of alkyl halides is 3. The lowest BCUT2D eigenvalue weighted by Gasteiger charge is -2.38. The SMILES string of the molecule is C=CCN1C(=O)N[C@H](c2ccc(C(F)(F)F)cc2)C(C(=O)OCC)=C1CN1CCCN(C(=O)NCCC)CC1. The van der Waals surface area contributed by atoms with Gasteiger partial charge in [0, 0.05) is 51.5 Å². The van der Waals surface area contributed by atoms with Crippen molar-refractivity contribution in [1.82, 2.24) is 25.3 Å². The number of urea groups is 2. The van der Waals surface area contributed by atoms with Gasteiger partial charge in [-0.3, -0.25) is 9.80 Å². The van der Waals surface area contributed by atoms with Crippen molar-refractivity contribution in [3.8, 4) is 0 Å². The maximum Gasteiger partial charge on any atom is 0.416 e. The molecule has 2 aliphatic rings. The second kappa shape index (κ2) is 13.5. The first kappa shape index (κ1) is 30.0. The predicted octanol–water partition coefficient (Wildman–Crippen LogP) is 3.90. The van der Waals surface area contributed by atoms with Crippen molar-refractivity contribution in [1.29, 1.82) is 0 Å². The third kappa shape index (κ3) is 7.53. The van der Waals surface area contributed by atoms with Gasteiger partial charge in [-0.2, -0.15) is 13.2 Å². The topological polar surface area (TPSA) is 94.2 Å². The summed E-state index contributed by atoms with van der Waals surface area (Å²) in [6.07, 6.45) is -1.47. The zero-order valence-electron chi connectivity index (χ0n) is 22.4. The van der Waals surface area contributed by atoms with Crippen LogP contribution in [0.25, 0.3) is 0 Å². The van der Waals surface area contributed by atoms with Crippen molar-refractivity contribution >= 4 is 18.0 Å². The van der Waals surface area contributed by atoms with E-state index in [1.165, 1.54) is 23.1 Å². The van der Waals surface area contributed by atoms with Crippen LogP contribution in [0, 0.1) is 0 Å². The maximum atomic E-state index is 13.3. The lowest BCUT2D eigenvalue weighted by atomic mass is 9.93. The van der Waals surface area contributed by atoms with E-state index in [0.29, 0.717) is 50.4 Å². The van der Waals surface area contributed by atoms with Crippen molar-refractivity contribution in [2.24, 2.45) is 0 Å². The molecule has 3 rings (SSSR count). The van der Waals surface area contributed by atoms with E-state index in [9.17, 15) is 27.6 Å². The highest BCUT2D eigenvalue weighted by atomic mass is 19.4. The van der Waals surface area contributed by atoms with Crippen LogP contribution in [0.4, 0.5) is 22.8 Å². The van der Waals surface area contributed by atoms with Gasteiger partial charge in [0.25, 0.3) is 0 Å². The molecule has 1 aromatic carbocycles. The highest BCUT2D eigenvalue weighted by Gasteiger charge is 2.39. The third-order valence-electron chi connectivity index (χ3n) is 6.59. The number of halogens is 3. The number of nitrogens with zero attached hydrogens (tertiary/aromatic N) is 3. The minimum atomic E-state index is -4.52. The number of nitrogens with one attached hydrogen (secondary N) is 2. The molecule has 0 aromatic heterocycles. The van der Waals surface area contributed by atoms with E-state index in [1.807, 2.05) is 6.92 Å². The van der Waals surface area contributed by atoms with E-state index in [1.54, 1.807) is 11.8 Å². The Balaban J connectivity index is 1.97. The molecule has 0 radical (unpaired) electrons. The summed E-state index contributed by atoms with van der Waals surface area (Å²) in [6.45, 7) is 10.5. The van der Waals surface area contributed by atoms with Crippen molar-refractivity contribution in [2.75, 3.05) is 52.4 Å². The highest BCUT2D eigenvalue weighted by Crippen LogP contribution is 2.35. The van der Waals surface area contributed by atoms with E-state index in [0.717, 1.165) is 18.6 Å². The summed E-state index contributed by atoms with van der Waals surface area (Å²) in [6, 6.07) is 2.73. The molecule has 2 N–H and O–H groups in total.